The molecule has 2 amide bonds. The van der Waals surface area contributed by atoms with Crippen LogP contribution in [0.4, 0.5) is 5.69 Å². The molecule has 1 aromatic carbocycles. The molecule has 0 aliphatic carbocycles. The summed E-state index contributed by atoms with van der Waals surface area (Å²) in [4.78, 5) is 23.0. The van der Waals surface area contributed by atoms with Gasteiger partial charge in [-0.2, -0.15) is 0 Å². The minimum Gasteiger partial charge on any atom is -0.355 e. The van der Waals surface area contributed by atoms with Gasteiger partial charge in [-0.15, -0.1) is 0 Å². The van der Waals surface area contributed by atoms with Crippen molar-refractivity contribution in [1.82, 2.24) is 5.32 Å². The zero-order valence-corrected chi connectivity index (χ0v) is 10.5. The molecule has 18 heavy (non-hydrogen) atoms. The quantitative estimate of drug-likeness (QED) is 0.853. The maximum atomic E-state index is 12.0. The van der Waals surface area contributed by atoms with Gasteiger partial charge < -0.3 is 10.6 Å². The van der Waals surface area contributed by atoms with Crippen molar-refractivity contribution in [3.8, 4) is 0 Å². The van der Waals surface area contributed by atoms with E-state index in [1.54, 1.807) is 0 Å². The lowest BCUT2D eigenvalue weighted by molar-refractivity contribution is -0.126. The van der Waals surface area contributed by atoms with Crippen molar-refractivity contribution in [1.29, 1.82) is 0 Å². The number of amides is 2. The molecule has 1 aliphatic rings. The smallest absolute Gasteiger partial charge is 0.229 e. The Labute approximate surface area is 107 Å². The molecule has 2 rings (SSSR count). The zero-order chi connectivity index (χ0) is 13.0. The number of nitrogens with one attached hydrogen (secondary N) is 2. The van der Waals surface area contributed by atoms with Crippen LogP contribution in [0.2, 0.25) is 0 Å². The minimum absolute atomic E-state index is 0.0109. The molecule has 0 bridgehead atoms. The van der Waals surface area contributed by atoms with Crippen LogP contribution in [0.1, 0.15) is 25.3 Å². The molecule has 2 N–H and O–H groups in total. The van der Waals surface area contributed by atoms with Crippen LogP contribution in [-0.2, 0) is 16.0 Å². The summed E-state index contributed by atoms with van der Waals surface area (Å²) in [6.45, 7) is 2.52. The van der Waals surface area contributed by atoms with E-state index in [1.165, 1.54) is 5.56 Å². The van der Waals surface area contributed by atoms with Crippen molar-refractivity contribution in [2.75, 3.05) is 11.9 Å². The molecule has 1 aliphatic heterocycles. The van der Waals surface area contributed by atoms with Crippen molar-refractivity contribution < 1.29 is 9.59 Å². The highest BCUT2D eigenvalue weighted by atomic mass is 16.2. The first-order chi connectivity index (χ1) is 8.69. The molecule has 0 saturated carbocycles. The first-order valence-electron chi connectivity index (χ1n) is 6.35. The summed E-state index contributed by atoms with van der Waals surface area (Å²) >= 11 is 0. The second kappa shape index (κ2) is 5.67. The molecule has 96 valence electrons. The molecule has 0 aromatic heterocycles. The number of hydrogen-bond acceptors (Lipinski definition) is 2. The van der Waals surface area contributed by atoms with Gasteiger partial charge in [0.1, 0.15) is 0 Å². The van der Waals surface area contributed by atoms with Crippen LogP contribution in [0, 0.1) is 5.92 Å². The molecule has 0 spiro atoms. The van der Waals surface area contributed by atoms with Crippen LogP contribution in [0.15, 0.2) is 24.3 Å². The molecule has 1 heterocycles. The average molecular weight is 246 g/mol. The molecule has 1 unspecified atom stereocenters. The lowest BCUT2D eigenvalue weighted by Gasteiger charge is -2.21. The number of hydrogen-bond donors (Lipinski definition) is 2. The molecule has 4 heteroatoms. The van der Waals surface area contributed by atoms with Gasteiger partial charge in [0, 0.05) is 18.7 Å². The van der Waals surface area contributed by atoms with Crippen LogP contribution in [0.25, 0.3) is 0 Å². The average Bonchev–Trinajstić information content (AvgIpc) is 2.39. The van der Waals surface area contributed by atoms with Crippen molar-refractivity contribution in [2.24, 2.45) is 5.92 Å². The van der Waals surface area contributed by atoms with Gasteiger partial charge in [0.25, 0.3) is 0 Å². The summed E-state index contributed by atoms with van der Waals surface area (Å²) < 4.78 is 0. The second-order valence-corrected chi connectivity index (χ2v) is 4.58. The Morgan fingerprint density at radius 1 is 1.50 bits per heavy atom. The Kier molecular flexibility index (Phi) is 3.97. The van der Waals surface area contributed by atoms with E-state index in [0.29, 0.717) is 19.4 Å². The van der Waals surface area contributed by atoms with E-state index in [0.717, 1.165) is 12.1 Å². The highest BCUT2D eigenvalue weighted by molar-refractivity contribution is 5.94. The molecular weight excluding hydrogens is 228 g/mol. The van der Waals surface area contributed by atoms with Gasteiger partial charge in [-0.25, -0.2) is 0 Å². The summed E-state index contributed by atoms with van der Waals surface area (Å²) in [7, 11) is 0. The summed E-state index contributed by atoms with van der Waals surface area (Å²) in [5, 5.41) is 5.63. The van der Waals surface area contributed by atoms with Crippen LogP contribution in [0.3, 0.4) is 0 Å². The first kappa shape index (κ1) is 12.6. The molecular formula is C14H18N2O2. The third-order valence-corrected chi connectivity index (χ3v) is 3.24. The van der Waals surface area contributed by atoms with Crippen LogP contribution in [-0.4, -0.2) is 18.4 Å². The third-order valence-electron chi connectivity index (χ3n) is 3.24. The largest absolute Gasteiger partial charge is 0.355 e. The van der Waals surface area contributed by atoms with Crippen molar-refractivity contribution in [3.63, 3.8) is 0 Å². The lowest BCUT2D eigenvalue weighted by Crippen LogP contribution is -2.40. The number of rotatable bonds is 3. The predicted molar refractivity (Wildman–Crippen MR) is 70.2 cm³/mol. The molecule has 1 saturated heterocycles. The number of aryl methyl sites for hydroxylation is 1. The number of anilines is 1. The summed E-state index contributed by atoms with van der Waals surface area (Å²) in [6.07, 6.45) is 2.02. The third kappa shape index (κ3) is 3.09. The van der Waals surface area contributed by atoms with Gasteiger partial charge in [0.2, 0.25) is 11.8 Å². The van der Waals surface area contributed by atoms with Gasteiger partial charge in [-0.05, 0) is 30.5 Å². The fourth-order valence-electron chi connectivity index (χ4n) is 2.07. The first-order valence-corrected chi connectivity index (χ1v) is 6.35. The highest BCUT2D eigenvalue weighted by Gasteiger charge is 2.24. The molecule has 4 nitrogen and oxygen atoms in total. The highest BCUT2D eigenvalue weighted by Crippen LogP contribution is 2.16. The van der Waals surface area contributed by atoms with E-state index in [1.807, 2.05) is 24.3 Å². The fourth-order valence-corrected chi connectivity index (χ4v) is 2.07. The van der Waals surface area contributed by atoms with E-state index in [-0.39, 0.29) is 17.7 Å². The number of benzene rings is 1. The zero-order valence-electron chi connectivity index (χ0n) is 10.5. The molecule has 1 atom stereocenters. The van der Waals surface area contributed by atoms with Crippen LogP contribution >= 0.6 is 0 Å². The van der Waals surface area contributed by atoms with Gasteiger partial charge in [0.15, 0.2) is 0 Å². The minimum atomic E-state index is -0.118. The molecule has 1 aromatic rings. The van der Waals surface area contributed by atoms with Gasteiger partial charge in [-0.1, -0.05) is 19.1 Å². The monoisotopic (exact) mass is 246 g/mol. The Morgan fingerprint density at radius 3 is 3.00 bits per heavy atom. The summed E-state index contributed by atoms with van der Waals surface area (Å²) in [5.41, 5.74) is 2.03. The SMILES string of the molecule is CCc1cccc(NC(=O)C2CCC(=O)NC2)c1. The molecule has 0 radical (unpaired) electrons. The standard InChI is InChI=1S/C14H18N2O2/c1-2-10-4-3-5-12(8-10)16-14(18)11-6-7-13(17)15-9-11/h3-5,8,11H,2,6-7,9H2,1H3,(H,15,17)(H,16,18). The fraction of sp³-hybridized carbons (Fsp3) is 0.429. The maximum Gasteiger partial charge on any atom is 0.229 e. The van der Waals surface area contributed by atoms with E-state index in [9.17, 15) is 9.59 Å². The van der Waals surface area contributed by atoms with Gasteiger partial charge >= 0.3 is 0 Å². The van der Waals surface area contributed by atoms with Crippen molar-refractivity contribution in [2.45, 2.75) is 26.2 Å². The van der Waals surface area contributed by atoms with E-state index in [4.69, 9.17) is 0 Å². The van der Waals surface area contributed by atoms with Gasteiger partial charge in [0.05, 0.1) is 5.92 Å². The Hall–Kier alpha value is -1.84. The normalized spacial score (nSPS) is 19.2. The van der Waals surface area contributed by atoms with E-state index >= 15 is 0 Å². The lowest BCUT2D eigenvalue weighted by atomic mass is 9.98. The Morgan fingerprint density at radius 2 is 2.33 bits per heavy atom. The van der Waals surface area contributed by atoms with Gasteiger partial charge in [-0.3, -0.25) is 9.59 Å². The predicted octanol–water partition coefficient (Wildman–Crippen LogP) is 1.71. The van der Waals surface area contributed by atoms with Crippen LogP contribution < -0.4 is 10.6 Å². The maximum absolute atomic E-state index is 12.0. The Bertz CT molecular complexity index is 447. The Balaban J connectivity index is 1.96. The van der Waals surface area contributed by atoms with Crippen molar-refractivity contribution in [3.05, 3.63) is 29.8 Å². The van der Waals surface area contributed by atoms with E-state index in [2.05, 4.69) is 17.6 Å². The van der Waals surface area contributed by atoms with Crippen molar-refractivity contribution >= 4 is 17.5 Å². The number of carbonyl (C=O) groups is 2. The second-order valence-electron chi connectivity index (χ2n) is 4.58. The number of piperidine rings is 1. The topological polar surface area (TPSA) is 58.2 Å². The summed E-state index contributed by atoms with van der Waals surface area (Å²) in [5.74, 6) is -0.0942. The van der Waals surface area contributed by atoms with E-state index < -0.39 is 0 Å². The number of carbonyl (C=O) groups excluding carboxylic acids is 2. The molecule has 1 fully saturated rings. The van der Waals surface area contributed by atoms with Crippen LogP contribution in [0.5, 0.6) is 0 Å². The summed E-state index contributed by atoms with van der Waals surface area (Å²) in [6, 6.07) is 7.85.